The van der Waals surface area contributed by atoms with Gasteiger partial charge in [0, 0.05) is 5.33 Å². The Kier molecular flexibility index (Phi) is 5.94. The summed E-state index contributed by atoms with van der Waals surface area (Å²) in [7, 11) is 0. The molecule has 0 radical (unpaired) electrons. The molecule has 0 fully saturated rings. The Bertz CT molecular complexity index is 486. The summed E-state index contributed by atoms with van der Waals surface area (Å²) in [4.78, 5) is 27.0. The second-order valence-corrected chi connectivity index (χ2v) is 5.50. The molecule has 110 valence electrons. The number of pyridine rings is 1. The molecule has 1 rings (SSSR count). The molecule has 1 aromatic rings. The van der Waals surface area contributed by atoms with Crippen LogP contribution in [0.4, 0.5) is 10.6 Å². The largest absolute Gasteiger partial charge is 0.457 e. The fourth-order valence-corrected chi connectivity index (χ4v) is 1.57. The van der Waals surface area contributed by atoms with Gasteiger partial charge in [0.05, 0.1) is 5.69 Å². The van der Waals surface area contributed by atoms with Gasteiger partial charge < -0.3 is 9.47 Å². The maximum absolute atomic E-state index is 11.5. The van der Waals surface area contributed by atoms with Gasteiger partial charge in [-0.05, 0) is 32.9 Å². The molecule has 0 saturated heterocycles. The number of nitrogens with zero attached hydrogens (tertiary/aromatic N) is 1. The van der Waals surface area contributed by atoms with Gasteiger partial charge in [0.1, 0.15) is 11.4 Å². The first-order chi connectivity index (χ1) is 9.30. The van der Waals surface area contributed by atoms with Crippen molar-refractivity contribution in [1.29, 1.82) is 0 Å². The van der Waals surface area contributed by atoms with Crippen LogP contribution in [0.5, 0.6) is 0 Å². The first-order valence-corrected chi connectivity index (χ1v) is 7.10. The van der Waals surface area contributed by atoms with Gasteiger partial charge in [-0.1, -0.05) is 22.0 Å². The number of alkyl halides is 1. The molecule has 0 aliphatic carbocycles. The van der Waals surface area contributed by atoms with E-state index in [9.17, 15) is 9.59 Å². The third-order valence-corrected chi connectivity index (χ3v) is 2.49. The maximum atomic E-state index is 11.5. The van der Waals surface area contributed by atoms with Gasteiger partial charge in [-0.3, -0.25) is 5.32 Å². The van der Waals surface area contributed by atoms with E-state index in [1.165, 1.54) is 0 Å². The van der Waals surface area contributed by atoms with Crippen LogP contribution in [0.3, 0.4) is 0 Å². The quantitative estimate of drug-likeness (QED) is 0.671. The predicted molar refractivity (Wildman–Crippen MR) is 77.7 cm³/mol. The number of esters is 1. The monoisotopic (exact) mass is 344 g/mol. The number of hydrogen-bond donors (Lipinski definition) is 1. The van der Waals surface area contributed by atoms with Crippen molar-refractivity contribution in [1.82, 2.24) is 4.98 Å². The summed E-state index contributed by atoms with van der Waals surface area (Å²) in [6.45, 7) is 4.77. The number of anilines is 1. The van der Waals surface area contributed by atoms with E-state index in [2.05, 4.69) is 26.2 Å². The van der Waals surface area contributed by atoms with Crippen LogP contribution in [0.25, 0.3) is 0 Å². The summed E-state index contributed by atoms with van der Waals surface area (Å²) < 4.78 is 9.76. The van der Waals surface area contributed by atoms with Gasteiger partial charge in [0.2, 0.25) is 0 Å². The number of rotatable bonds is 4. The molecule has 0 bridgehead atoms. The van der Waals surface area contributed by atoms with Gasteiger partial charge in [-0.2, -0.15) is 0 Å². The normalized spacial score (nSPS) is 10.8. The van der Waals surface area contributed by atoms with Crippen LogP contribution in [0.2, 0.25) is 0 Å². The highest BCUT2D eigenvalue weighted by molar-refractivity contribution is 9.08. The standard InChI is InChI=1S/C13H17BrN2O4/c1-13(2,3)20-11(17)8-19-12(18)16-10-6-4-5-9(7-14)15-10/h4-6H,7-8H2,1-3H3,(H,15,16,18). The lowest BCUT2D eigenvalue weighted by molar-refractivity contribution is -0.158. The zero-order valence-electron chi connectivity index (χ0n) is 11.6. The second-order valence-electron chi connectivity index (χ2n) is 4.94. The molecule has 0 aromatic carbocycles. The molecule has 1 heterocycles. The van der Waals surface area contributed by atoms with Gasteiger partial charge in [0.15, 0.2) is 6.61 Å². The molecular formula is C13H17BrN2O4. The van der Waals surface area contributed by atoms with Crippen molar-refractivity contribution >= 4 is 33.8 Å². The van der Waals surface area contributed by atoms with Crippen molar-refractivity contribution in [3.63, 3.8) is 0 Å². The number of nitrogens with one attached hydrogen (secondary N) is 1. The van der Waals surface area contributed by atoms with Crippen molar-refractivity contribution in [2.45, 2.75) is 31.7 Å². The number of halogens is 1. The summed E-state index contributed by atoms with van der Waals surface area (Å²) in [5, 5.41) is 3.01. The molecule has 1 aromatic heterocycles. The minimum Gasteiger partial charge on any atom is -0.457 e. The van der Waals surface area contributed by atoms with Crippen molar-refractivity contribution < 1.29 is 19.1 Å². The fourth-order valence-electron chi connectivity index (χ4n) is 1.26. The van der Waals surface area contributed by atoms with E-state index in [4.69, 9.17) is 9.47 Å². The first-order valence-electron chi connectivity index (χ1n) is 5.97. The van der Waals surface area contributed by atoms with Gasteiger partial charge in [-0.25, -0.2) is 14.6 Å². The van der Waals surface area contributed by atoms with Gasteiger partial charge >= 0.3 is 12.1 Å². The lowest BCUT2D eigenvalue weighted by Gasteiger charge is -2.19. The van der Waals surface area contributed by atoms with Crippen molar-refractivity contribution in [3.8, 4) is 0 Å². The Morgan fingerprint density at radius 3 is 2.65 bits per heavy atom. The van der Waals surface area contributed by atoms with E-state index in [1.54, 1.807) is 32.9 Å². The molecule has 1 N–H and O–H groups in total. The van der Waals surface area contributed by atoms with Gasteiger partial charge in [0.25, 0.3) is 0 Å². The Morgan fingerprint density at radius 2 is 2.05 bits per heavy atom. The first kappa shape index (κ1) is 16.4. The highest BCUT2D eigenvalue weighted by Crippen LogP contribution is 2.09. The molecule has 7 heteroatoms. The summed E-state index contributed by atoms with van der Waals surface area (Å²) in [6, 6.07) is 5.19. The Balaban J connectivity index is 2.42. The van der Waals surface area contributed by atoms with Crippen LogP contribution in [0.15, 0.2) is 18.2 Å². The van der Waals surface area contributed by atoms with E-state index in [1.807, 2.05) is 6.07 Å². The summed E-state index contributed by atoms with van der Waals surface area (Å²) >= 11 is 3.27. The van der Waals surface area contributed by atoms with E-state index in [-0.39, 0.29) is 0 Å². The molecule has 20 heavy (non-hydrogen) atoms. The van der Waals surface area contributed by atoms with Crippen molar-refractivity contribution in [2.24, 2.45) is 0 Å². The van der Waals surface area contributed by atoms with Crippen molar-refractivity contribution in [2.75, 3.05) is 11.9 Å². The van der Waals surface area contributed by atoms with Crippen LogP contribution >= 0.6 is 15.9 Å². The van der Waals surface area contributed by atoms with Crippen molar-refractivity contribution in [3.05, 3.63) is 23.9 Å². The Morgan fingerprint density at radius 1 is 1.35 bits per heavy atom. The molecular weight excluding hydrogens is 328 g/mol. The summed E-state index contributed by atoms with van der Waals surface area (Å²) in [5.74, 6) is -0.244. The van der Waals surface area contributed by atoms with E-state index < -0.39 is 24.3 Å². The van der Waals surface area contributed by atoms with E-state index in [0.29, 0.717) is 11.1 Å². The molecule has 0 unspecified atom stereocenters. The van der Waals surface area contributed by atoms with Crippen LogP contribution in [0, 0.1) is 0 Å². The molecule has 0 aliphatic heterocycles. The highest BCUT2D eigenvalue weighted by atomic mass is 79.9. The number of carbonyl (C=O) groups is 2. The smallest absolute Gasteiger partial charge is 0.413 e. The third kappa shape index (κ3) is 6.51. The summed E-state index contributed by atoms with van der Waals surface area (Å²) in [5.41, 5.74) is 0.165. The topological polar surface area (TPSA) is 77.5 Å². The molecule has 0 atom stereocenters. The summed E-state index contributed by atoms with van der Waals surface area (Å²) in [6.07, 6.45) is -0.755. The zero-order valence-corrected chi connectivity index (χ0v) is 13.2. The Hall–Kier alpha value is -1.63. The number of ether oxygens (including phenoxy) is 2. The predicted octanol–water partition coefficient (Wildman–Crippen LogP) is 2.87. The third-order valence-electron chi connectivity index (χ3n) is 1.91. The molecule has 6 nitrogen and oxygen atoms in total. The lowest BCUT2D eigenvalue weighted by Crippen LogP contribution is -2.28. The number of hydrogen-bond acceptors (Lipinski definition) is 5. The average molecular weight is 345 g/mol. The van der Waals surface area contributed by atoms with Crippen LogP contribution in [0.1, 0.15) is 26.5 Å². The van der Waals surface area contributed by atoms with Crippen LogP contribution in [-0.4, -0.2) is 29.3 Å². The molecule has 0 saturated carbocycles. The van der Waals surface area contributed by atoms with E-state index in [0.717, 1.165) is 5.69 Å². The second kappa shape index (κ2) is 7.23. The minimum absolute atomic E-state index is 0.358. The number of carbonyl (C=O) groups excluding carboxylic acids is 2. The number of aromatic nitrogens is 1. The molecule has 0 spiro atoms. The maximum Gasteiger partial charge on any atom is 0.413 e. The zero-order chi connectivity index (χ0) is 15.2. The van der Waals surface area contributed by atoms with Crippen LogP contribution in [-0.2, 0) is 19.6 Å². The van der Waals surface area contributed by atoms with Crippen LogP contribution < -0.4 is 5.32 Å². The molecule has 0 aliphatic rings. The number of amides is 1. The fraction of sp³-hybridized carbons (Fsp3) is 0.462. The highest BCUT2D eigenvalue weighted by Gasteiger charge is 2.17. The van der Waals surface area contributed by atoms with E-state index >= 15 is 0 Å². The molecule has 1 amide bonds. The minimum atomic E-state index is -0.755. The lowest BCUT2D eigenvalue weighted by atomic mass is 10.2. The average Bonchev–Trinajstić information content (AvgIpc) is 2.34. The SMILES string of the molecule is CC(C)(C)OC(=O)COC(=O)Nc1cccc(CBr)n1. The van der Waals surface area contributed by atoms with Gasteiger partial charge in [-0.15, -0.1) is 0 Å². The Labute approximate surface area is 126 Å².